The van der Waals surface area contributed by atoms with Gasteiger partial charge in [-0.05, 0) is 60.5 Å². The molecular weight excluding hydrogens is 579 g/mol. The molecule has 8 nitrogen and oxygen atoms in total. The fourth-order valence-corrected chi connectivity index (χ4v) is 4.42. The van der Waals surface area contributed by atoms with Gasteiger partial charge in [-0.25, -0.2) is 9.37 Å². The average molecular weight is 607 g/mol. The van der Waals surface area contributed by atoms with Crippen LogP contribution in [0.25, 0.3) is 10.9 Å². The number of amides is 1. The van der Waals surface area contributed by atoms with Crippen molar-refractivity contribution >= 4 is 44.6 Å². The number of hydrogen-bond acceptors (Lipinski definition) is 6. The van der Waals surface area contributed by atoms with Gasteiger partial charge in [0.2, 0.25) is 0 Å². The van der Waals surface area contributed by atoms with E-state index in [4.69, 9.17) is 9.47 Å². The minimum Gasteiger partial charge on any atom is -0.493 e. The first kappa shape index (κ1) is 28.7. The molecule has 206 valence electrons. The molecule has 3 aromatic carbocycles. The summed E-state index contributed by atoms with van der Waals surface area (Å²) in [6.07, 6.45) is 3.66. The van der Waals surface area contributed by atoms with Gasteiger partial charge < -0.3 is 14.8 Å². The highest BCUT2D eigenvalue weighted by atomic mass is 79.9. The molecule has 0 spiro atoms. The number of carbonyl (C=O) groups excluding carboxylic acids is 1. The molecule has 0 aliphatic heterocycles. The van der Waals surface area contributed by atoms with Crippen LogP contribution in [-0.2, 0) is 11.2 Å². The van der Waals surface area contributed by atoms with E-state index in [2.05, 4.69) is 37.9 Å². The molecule has 0 aliphatic rings. The van der Waals surface area contributed by atoms with Crippen LogP contribution in [0.3, 0.4) is 0 Å². The molecule has 0 saturated heterocycles. The Kier molecular flexibility index (Phi) is 9.11. The summed E-state index contributed by atoms with van der Waals surface area (Å²) in [5.41, 5.74) is 1.98. The zero-order valence-corrected chi connectivity index (χ0v) is 23.9. The van der Waals surface area contributed by atoms with Crippen molar-refractivity contribution in [3.63, 3.8) is 0 Å². The van der Waals surface area contributed by atoms with Gasteiger partial charge in [0.1, 0.15) is 11.6 Å². The maximum Gasteiger partial charge on any atom is 0.282 e. The van der Waals surface area contributed by atoms with Crippen LogP contribution in [0.4, 0.5) is 10.1 Å². The minimum absolute atomic E-state index is 0.0574. The van der Waals surface area contributed by atoms with Crippen molar-refractivity contribution in [1.82, 2.24) is 9.66 Å². The highest BCUT2D eigenvalue weighted by molar-refractivity contribution is 9.10. The van der Waals surface area contributed by atoms with Gasteiger partial charge in [-0.2, -0.15) is 9.78 Å². The van der Waals surface area contributed by atoms with Crippen molar-refractivity contribution < 1.29 is 18.7 Å². The molecule has 0 saturated carbocycles. The topological polar surface area (TPSA) is 94.8 Å². The number of benzene rings is 3. The third kappa shape index (κ3) is 6.63. The standard InChI is InChI=1S/C30H28BrFN4O4/c1-5-7-20-12-19(13-26(39-4)28(20)40-17-27(37)34-23-9-6-8-22(32)15-23)16-33-36-29(18(2)3)35-25-11-10-21(31)14-24(25)30(36)38/h5-6,8-16,18H,1,7,17H2,2-4H3,(H,34,37). The lowest BCUT2D eigenvalue weighted by Gasteiger charge is -2.16. The quantitative estimate of drug-likeness (QED) is 0.175. The Morgan fingerprint density at radius 1 is 1.23 bits per heavy atom. The molecule has 10 heteroatoms. The highest BCUT2D eigenvalue weighted by Gasteiger charge is 2.16. The molecular formula is C30H28BrFN4O4. The lowest BCUT2D eigenvalue weighted by atomic mass is 10.1. The van der Waals surface area contributed by atoms with E-state index in [1.54, 1.807) is 36.6 Å². The second-order valence-corrected chi connectivity index (χ2v) is 10.1. The summed E-state index contributed by atoms with van der Waals surface area (Å²) in [4.78, 5) is 30.5. The molecule has 0 fully saturated rings. The van der Waals surface area contributed by atoms with E-state index < -0.39 is 11.7 Å². The Labute approximate surface area is 239 Å². The predicted octanol–water partition coefficient (Wildman–Crippen LogP) is 6.06. The van der Waals surface area contributed by atoms with Gasteiger partial charge >= 0.3 is 0 Å². The molecule has 0 radical (unpaired) electrons. The van der Waals surface area contributed by atoms with Crippen LogP contribution in [0.5, 0.6) is 11.5 Å². The Morgan fingerprint density at radius 2 is 2.02 bits per heavy atom. The lowest BCUT2D eigenvalue weighted by Crippen LogP contribution is -2.23. The van der Waals surface area contributed by atoms with E-state index >= 15 is 0 Å². The molecule has 40 heavy (non-hydrogen) atoms. The Hall–Kier alpha value is -4.31. The highest BCUT2D eigenvalue weighted by Crippen LogP contribution is 2.33. The van der Waals surface area contributed by atoms with E-state index in [9.17, 15) is 14.0 Å². The molecule has 1 aromatic heterocycles. The zero-order valence-electron chi connectivity index (χ0n) is 22.3. The van der Waals surface area contributed by atoms with Crippen molar-refractivity contribution in [3.8, 4) is 11.5 Å². The van der Waals surface area contributed by atoms with Crippen molar-refractivity contribution in [2.75, 3.05) is 19.0 Å². The second-order valence-electron chi connectivity index (χ2n) is 9.20. The molecule has 1 N–H and O–H groups in total. The maximum absolute atomic E-state index is 13.4. The van der Waals surface area contributed by atoms with Crippen LogP contribution in [0.2, 0.25) is 0 Å². The molecule has 0 atom stereocenters. The van der Waals surface area contributed by atoms with Gasteiger partial charge in [0.25, 0.3) is 11.5 Å². The molecule has 1 heterocycles. The van der Waals surface area contributed by atoms with Gasteiger partial charge in [-0.3, -0.25) is 9.59 Å². The van der Waals surface area contributed by atoms with Gasteiger partial charge in [0.15, 0.2) is 18.1 Å². The van der Waals surface area contributed by atoms with Crippen molar-refractivity contribution in [1.29, 1.82) is 0 Å². The van der Waals surface area contributed by atoms with E-state index in [0.29, 0.717) is 51.5 Å². The zero-order chi connectivity index (χ0) is 28.8. The Morgan fingerprint density at radius 3 is 2.73 bits per heavy atom. The van der Waals surface area contributed by atoms with E-state index in [1.807, 2.05) is 26.0 Å². The van der Waals surface area contributed by atoms with Crippen molar-refractivity contribution in [3.05, 3.63) is 105 Å². The maximum atomic E-state index is 13.4. The molecule has 4 aromatic rings. The number of nitrogens with zero attached hydrogens (tertiary/aromatic N) is 3. The number of ether oxygens (including phenoxy) is 2. The number of anilines is 1. The van der Waals surface area contributed by atoms with E-state index in [-0.39, 0.29) is 18.1 Å². The van der Waals surface area contributed by atoms with Gasteiger partial charge in [0.05, 0.1) is 24.2 Å². The van der Waals surface area contributed by atoms with Gasteiger partial charge in [-0.1, -0.05) is 41.9 Å². The summed E-state index contributed by atoms with van der Waals surface area (Å²) < 4.78 is 26.9. The van der Waals surface area contributed by atoms with Crippen LogP contribution in [0.15, 0.2) is 81.6 Å². The van der Waals surface area contributed by atoms with Crippen LogP contribution < -0.4 is 20.3 Å². The third-order valence-electron chi connectivity index (χ3n) is 5.87. The number of methoxy groups -OCH3 is 1. The van der Waals surface area contributed by atoms with Gasteiger partial charge in [0, 0.05) is 21.6 Å². The summed E-state index contributed by atoms with van der Waals surface area (Å²) in [6.45, 7) is 7.38. The summed E-state index contributed by atoms with van der Waals surface area (Å²) in [5.74, 6) is 0.291. The van der Waals surface area contributed by atoms with Crippen LogP contribution in [0.1, 0.15) is 36.7 Å². The average Bonchev–Trinajstić information content (AvgIpc) is 2.92. The number of carbonyl (C=O) groups is 1. The first-order chi connectivity index (χ1) is 19.2. The number of hydrogen-bond donors (Lipinski definition) is 1. The number of aromatic nitrogens is 2. The van der Waals surface area contributed by atoms with Crippen LogP contribution in [-0.4, -0.2) is 35.5 Å². The van der Waals surface area contributed by atoms with Crippen LogP contribution in [0, 0.1) is 5.82 Å². The molecule has 1 amide bonds. The first-order valence-electron chi connectivity index (χ1n) is 12.5. The molecule has 0 aliphatic carbocycles. The third-order valence-corrected chi connectivity index (χ3v) is 6.36. The minimum atomic E-state index is -0.459. The lowest BCUT2D eigenvalue weighted by molar-refractivity contribution is -0.118. The Bertz CT molecular complexity index is 1670. The second kappa shape index (κ2) is 12.7. The SMILES string of the molecule is C=CCc1cc(C=Nn2c(C(C)C)nc3ccc(Br)cc3c2=O)cc(OC)c1OCC(=O)Nc1cccc(F)c1. The van der Waals surface area contributed by atoms with E-state index in [1.165, 1.54) is 30.0 Å². The number of fused-ring (bicyclic) bond motifs is 1. The number of rotatable bonds is 10. The van der Waals surface area contributed by atoms with Crippen molar-refractivity contribution in [2.24, 2.45) is 5.10 Å². The summed E-state index contributed by atoms with van der Waals surface area (Å²) in [5, 5.41) is 7.54. The number of nitrogens with one attached hydrogen (secondary N) is 1. The monoisotopic (exact) mass is 606 g/mol. The van der Waals surface area contributed by atoms with Crippen LogP contribution >= 0.6 is 15.9 Å². The van der Waals surface area contributed by atoms with Gasteiger partial charge in [-0.15, -0.1) is 6.58 Å². The molecule has 4 rings (SSSR count). The molecule has 0 bridgehead atoms. The molecule has 0 unspecified atom stereocenters. The predicted molar refractivity (Wildman–Crippen MR) is 158 cm³/mol. The summed E-state index contributed by atoms with van der Waals surface area (Å²) >= 11 is 3.41. The fraction of sp³-hybridized carbons (Fsp3) is 0.200. The smallest absolute Gasteiger partial charge is 0.282 e. The Balaban J connectivity index is 1.65. The van der Waals surface area contributed by atoms with Crippen molar-refractivity contribution in [2.45, 2.75) is 26.2 Å². The largest absolute Gasteiger partial charge is 0.493 e. The normalized spacial score (nSPS) is 11.2. The summed E-state index contributed by atoms with van der Waals surface area (Å²) in [7, 11) is 1.49. The first-order valence-corrected chi connectivity index (χ1v) is 13.3. The summed E-state index contributed by atoms with van der Waals surface area (Å²) in [6, 6.07) is 14.5. The number of allylic oxidation sites excluding steroid dienone is 1. The fourth-order valence-electron chi connectivity index (χ4n) is 4.06. The number of halogens is 2. The van der Waals surface area contributed by atoms with E-state index in [0.717, 1.165) is 4.47 Å².